The van der Waals surface area contributed by atoms with Gasteiger partial charge in [-0.05, 0) is 59.1 Å². The van der Waals surface area contributed by atoms with Crippen molar-refractivity contribution < 1.29 is 30.0 Å². The van der Waals surface area contributed by atoms with E-state index < -0.39 is 8.07 Å². The van der Waals surface area contributed by atoms with Crippen molar-refractivity contribution in [3.63, 3.8) is 0 Å². The number of carbonyl (C=O) groups excluding carboxylic acids is 1. The van der Waals surface area contributed by atoms with Gasteiger partial charge in [0.25, 0.3) is 0 Å². The number of aliphatic hydroxyl groups is 1. The van der Waals surface area contributed by atoms with Gasteiger partial charge in [0, 0.05) is 37.3 Å². The number of aliphatic hydroxyl groups excluding tert-OH is 1. The van der Waals surface area contributed by atoms with Crippen LogP contribution in [0.3, 0.4) is 0 Å². The second-order valence-corrected chi connectivity index (χ2v) is 17.9. The quantitative estimate of drug-likeness (QED) is 0.0819. The van der Waals surface area contributed by atoms with Crippen LogP contribution in [0, 0.1) is 13.0 Å². The van der Waals surface area contributed by atoms with Crippen molar-refractivity contribution in [3.05, 3.63) is 121 Å². The van der Waals surface area contributed by atoms with Crippen LogP contribution >= 0.6 is 11.3 Å². The second kappa shape index (κ2) is 14.0. The van der Waals surface area contributed by atoms with Crippen molar-refractivity contribution in [3.8, 4) is 32.8 Å². The monoisotopic (exact) mass is 791 g/mol. The molecule has 3 nitrogen and oxygen atoms in total. The average molecular weight is 791 g/mol. The van der Waals surface area contributed by atoms with Crippen molar-refractivity contribution in [2.45, 2.75) is 40.4 Å². The summed E-state index contributed by atoms with van der Waals surface area (Å²) in [5.41, 5.74) is 7.09. The topological polar surface area (TPSA) is 50.2 Å². The van der Waals surface area contributed by atoms with Crippen LogP contribution < -0.4 is 5.19 Å². The smallest absolute Gasteiger partial charge is 0.155 e. The van der Waals surface area contributed by atoms with Crippen LogP contribution in [0.25, 0.3) is 53.7 Å². The molecule has 0 spiro atoms. The largest absolute Gasteiger partial charge is 0.512 e. The molecule has 44 heavy (non-hydrogen) atoms. The Morgan fingerprint density at radius 2 is 1.52 bits per heavy atom. The van der Waals surface area contributed by atoms with E-state index in [2.05, 4.69) is 124 Å². The molecule has 0 aliphatic carbocycles. The van der Waals surface area contributed by atoms with Crippen LogP contribution in [0.4, 0.5) is 0 Å². The first-order valence-electron chi connectivity index (χ1n) is 14.4. The third kappa shape index (κ3) is 7.33. The molecule has 0 aliphatic rings. The van der Waals surface area contributed by atoms with E-state index in [9.17, 15) is 4.79 Å². The Labute approximate surface area is 278 Å². The van der Waals surface area contributed by atoms with Crippen molar-refractivity contribution in [1.82, 2.24) is 4.98 Å². The van der Waals surface area contributed by atoms with Gasteiger partial charge in [0.2, 0.25) is 0 Å². The Morgan fingerprint density at radius 3 is 2.09 bits per heavy atom. The molecule has 0 bridgehead atoms. The zero-order valence-corrected chi connectivity index (χ0v) is 30.1. The normalized spacial score (nSPS) is 11.5. The average Bonchev–Trinajstić information content (AvgIpc) is 3.32. The number of ketones is 1. The van der Waals surface area contributed by atoms with Crippen molar-refractivity contribution in [1.29, 1.82) is 0 Å². The van der Waals surface area contributed by atoms with E-state index in [4.69, 9.17) is 10.1 Å². The van der Waals surface area contributed by atoms with Gasteiger partial charge in [-0.3, -0.25) is 4.79 Å². The summed E-state index contributed by atoms with van der Waals surface area (Å²) in [6.07, 6.45) is 3.11. The molecule has 0 fully saturated rings. The van der Waals surface area contributed by atoms with Gasteiger partial charge >= 0.3 is 0 Å². The number of aryl methyl sites for hydroxylation is 1. The molecule has 0 unspecified atom stereocenters. The zero-order valence-electron chi connectivity index (χ0n) is 25.9. The minimum Gasteiger partial charge on any atom is -0.512 e. The number of nitrogens with zero attached hydrogens (tertiary/aromatic N) is 1. The Morgan fingerprint density at radius 1 is 0.886 bits per heavy atom. The Balaban J connectivity index is 0.000000497. The van der Waals surface area contributed by atoms with Gasteiger partial charge in [0.15, 0.2) is 5.78 Å². The second-order valence-electron chi connectivity index (χ2n) is 11.8. The molecule has 2 heterocycles. The third-order valence-electron chi connectivity index (χ3n) is 7.37. The van der Waals surface area contributed by atoms with E-state index in [1.54, 1.807) is 0 Å². The number of thiophene rings is 1. The minimum absolute atomic E-state index is 0. The molecular formula is C38H36IrNO2SSi-. The standard InChI is InChI=1S/C33H28NSSi.C5H8O2.Ir/c1-22-31-29(23-11-7-5-8-12-23)20-26(21-30(31)35-33(22)24-13-9-6-10-14-24)32-28-16-15-27(36(2,3)4)19-25(28)17-18-34-32;1-4(6)3-5(2)7;/h5-20H,1-4H3;3,6H,1-2H3;/q-1;;/b;4-3-;. The fourth-order valence-corrected chi connectivity index (χ4v) is 7.70. The molecule has 0 atom stereocenters. The molecule has 0 saturated heterocycles. The molecule has 0 saturated carbocycles. The third-order valence-corrected chi connectivity index (χ3v) is 10.7. The molecule has 6 aromatic rings. The molecule has 6 heteroatoms. The number of hydrogen-bond donors (Lipinski definition) is 1. The van der Waals surface area contributed by atoms with Gasteiger partial charge < -0.3 is 10.1 Å². The summed E-state index contributed by atoms with van der Waals surface area (Å²) < 4.78 is 1.18. The van der Waals surface area contributed by atoms with E-state index in [0.29, 0.717) is 0 Å². The summed E-state index contributed by atoms with van der Waals surface area (Å²) in [6, 6.07) is 36.6. The molecule has 0 aliphatic heterocycles. The fourth-order valence-electron chi connectivity index (χ4n) is 5.29. The van der Waals surface area contributed by atoms with Gasteiger partial charge in [-0.1, -0.05) is 120 Å². The van der Waals surface area contributed by atoms with Crippen molar-refractivity contribution in [2.24, 2.45) is 0 Å². The number of pyridine rings is 1. The number of carbonyl (C=O) groups is 1. The van der Waals surface area contributed by atoms with E-state index >= 15 is 0 Å². The van der Waals surface area contributed by atoms with Crippen LogP contribution in [0.15, 0.2) is 109 Å². The molecule has 6 rings (SSSR count). The van der Waals surface area contributed by atoms with Gasteiger partial charge in [-0.2, -0.15) is 11.3 Å². The van der Waals surface area contributed by atoms with Crippen LogP contribution in [0.2, 0.25) is 19.6 Å². The van der Waals surface area contributed by atoms with Crippen LogP contribution in [-0.4, -0.2) is 23.9 Å². The molecule has 225 valence electrons. The maximum atomic E-state index is 10.0. The summed E-state index contributed by atoms with van der Waals surface area (Å²) >= 11 is 1.83. The zero-order chi connectivity index (χ0) is 30.7. The van der Waals surface area contributed by atoms with Crippen molar-refractivity contribution in [2.75, 3.05) is 0 Å². The number of rotatable bonds is 5. The number of hydrogen-bond acceptors (Lipinski definition) is 4. The van der Waals surface area contributed by atoms with E-state index in [0.717, 1.165) is 11.3 Å². The molecular weight excluding hydrogens is 755 g/mol. The molecule has 2 aromatic heterocycles. The summed E-state index contributed by atoms with van der Waals surface area (Å²) in [4.78, 5) is 16.2. The number of benzene rings is 4. The predicted molar refractivity (Wildman–Crippen MR) is 187 cm³/mol. The molecule has 4 aromatic carbocycles. The maximum Gasteiger partial charge on any atom is 0.155 e. The number of allylic oxidation sites excluding steroid dienone is 2. The number of aromatic nitrogens is 1. The van der Waals surface area contributed by atoms with E-state index in [-0.39, 0.29) is 31.6 Å². The Kier molecular flexibility index (Phi) is 10.5. The van der Waals surface area contributed by atoms with Gasteiger partial charge in [-0.25, -0.2) is 0 Å². The van der Waals surface area contributed by atoms with Crippen LogP contribution in [0.1, 0.15) is 19.4 Å². The molecule has 0 amide bonds. The summed E-state index contributed by atoms with van der Waals surface area (Å²) in [6.45, 7) is 12.3. The van der Waals surface area contributed by atoms with E-state index in [1.165, 1.54) is 73.1 Å². The van der Waals surface area contributed by atoms with Crippen LogP contribution in [0.5, 0.6) is 0 Å². The maximum absolute atomic E-state index is 10.0. The summed E-state index contributed by atoms with van der Waals surface area (Å²) in [7, 11) is -1.40. The minimum atomic E-state index is -1.40. The first-order valence-corrected chi connectivity index (χ1v) is 18.7. The number of fused-ring (bicyclic) bond motifs is 2. The van der Waals surface area contributed by atoms with E-state index in [1.807, 2.05) is 17.5 Å². The Bertz CT molecular complexity index is 1950. The Hall–Kier alpha value is -3.67. The van der Waals surface area contributed by atoms with Gasteiger partial charge in [0.1, 0.15) is 0 Å². The first-order chi connectivity index (χ1) is 20.5. The first kappa shape index (κ1) is 33.2. The van der Waals surface area contributed by atoms with Gasteiger partial charge in [0.05, 0.1) is 13.8 Å². The van der Waals surface area contributed by atoms with Gasteiger partial charge in [-0.15, -0.1) is 17.7 Å². The molecule has 1 radical (unpaired) electrons. The summed E-state index contributed by atoms with van der Waals surface area (Å²) in [5.74, 6) is -0.0625. The SMILES string of the molecule is CC(=O)/C=C(/C)O.Cc1c(-c2ccccc2)sc2[c-]c(-c3nccc4cc([Si](C)(C)C)ccc34)cc(-c3ccccc3)c12.[Ir]. The predicted octanol–water partition coefficient (Wildman–Crippen LogP) is 10.1. The molecule has 1 N–H and O–H groups in total. The fraction of sp³-hybridized carbons (Fsp3) is 0.158. The van der Waals surface area contributed by atoms with Crippen molar-refractivity contribution >= 4 is 51.2 Å². The van der Waals surface area contributed by atoms with Crippen LogP contribution in [-0.2, 0) is 24.9 Å². The summed E-state index contributed by atoms with van der Waals surface area (Å²) in [5, 5.41) is 13.6.